The molecule has 7 nitrogen and oxygen atoms in total. The van der Waals surface area contributed by atoms with E-state index in [1.54, 1.807) is 11.3 Å². The minimum Gasteiger partial charge on any atom is -0.357 e. The van der Waals surface area contributed by atoms with Crippen molar-refractivity contribution in [2.24, 2.45) is 4.99 Å². The number of aryl methyl sites for hydroxylation is 1. The Labute approximate surface area is 160 Å². The molecule has 0 unspecified atom stereocenters. The van der Waals surface area contributed by atoms with Crippen molar-refractivity contribution < 1.29 is 4.79 Å². The maximum atomic E-state index is 11.9. The van der Waals surface area contributed by atoms with Gasteiger partial charge >= 0.3 is 0 Å². The molecule has 0 aromatic carbocycles. The van der Waals surface area contributed by atoms with Gasteiger partial charge in [-0.15, -0.1) is 11.3 Å². The Morgan fingerprint density at radius 1 is 1.31 bits per heavy atom. The highest BCUT2D eigenvalue weighted by molar-refractivity contribution is 7.11. The summed E-state index contributed by atoms with van der Waals surface area (Å²) in [5.41, 5.74) is 0. The number of carbonyl (C=O) groups is 1. The molecule has 0 saturated carbocycles. The maximum absolute atomic E-state index is 11.9. The number of guanidine groups is 1. The molecule has 146 valence electrons. The van der Waals surface area contributed by atoms with E-state index in [4.69, 9.17) is 4.99 Å². The fraction of sp³-hybridized carbons (Fsp3) is 0.722. The van der Waals surface area contributed by atoms with Gasteiger partial charge < -0.3 is 15.5 Å². The van der Waals surface area contributed by atoms with Gasteiger partial charge in [-0.3, -0.25) is 9.69 Å². The first-order valence-electron chi connectivity index (χ1n) is 9.50. The van der Waals surface area contributed by atoms with Crippen LogP contribution >= 0.6 is 11.3 Å². The van der Waals surface area contributed by atoms with Crippen molar-refractivity contribution in [3.63, 3.8) is 0 Å². The molecule has 1 aromatic rings. The van der Waals surface area contributed by atoms with E-state index in [0.717, 1.165) is 50.1 Å². The van der Waals surface area contributed by atoms with Gasteiger partial charge in [-0.25, -0.2) is 9.98 Å². The first kappa shape index (κ1) is 20.6. The van der Waals surface area contributed by atoms with Gasteiger partial charge in [0.25, 0.3) is 0 Å². The van der Waals surface area contributed by atoms with Crippen LogP contribution in [0.15, 0.2) is 11.2 Å². The number of hydrogen-bond acceptors (Lipinski definition) is 5. The third kappa shape index (κ3) is 6.57. The van der Waals surface area contributed by atoms with Gasteiger partial charge in [-0.05, 0) is 27.2 Å². The number of hydrogen-bond donors (Lipinski definition) is 2. The third-order valence-electron chi connectivity index (χ3n) is 4.14. The van der Waals surface area contributed by atoms with Gasteiger partial charge in [-0.2, -0.15) is 0 Å². The number of piperazine rings is 1. The lowest BCUT2D eigenvalue weighted by atomic mass is 10.3. The second-order valence-electron chi connectivity index (χ2n) is 6.73. The van der Waals surface area contributed by atoms with Gasteiger partial charge in [-0.1, -0.05) is 6.92 Å². The van der Waals surface area contributed by atoms with Gasteiger partial charge in [0.05, 0.1) is 13.1 Å². The van der Waals surface area contributed by atoms with Crippen molar-refractivity contribution in [1.29, 1.82) is 0 Å². The minimum absolute atomic E-state index is 0.101. The summed E-state index contributed by atoms with van der Waals surface area (Å²) in [5.74, 6) is 1.04. The van der Waals surface area contributed by atoms with E-state index < -0.39 is 0 Å². The SMILES string of the molecule is CCNC(=NCc1ncc(CC)s1)N1CCN(CC(=O)NC(C)C)CC1. The van der Waals surface area contributed by atoms with Crippen molar-refractivity contribution >= 4 is 23.2 Å². The molecule has 2 N–H and O–H groups in total. The zero-order valence-electron chi connectivity index (χ0n) is 16.4. The van der Waals surface area contributed by atoms with E-state index in [0.29, 0.717) is 13.1 Å². The molecule has 0 aliphatic carbocycles. The quantitative estimate of drug-likeness (QED) is 0.551. The monoisotopic (exact) mass is 380 g/mol. The lowest BCUT2D eigenvalue weighted by Crippen LogP contribution is -2.54. The van der Waals surface area contributed by atoms with Crippen molar-refractivity contribution in [3.8, 4) is 0 Å². The molecule has 0 spiro atoms. The Hall–Kier alpha value is -1.67. The largest absolute Gasteiger partial charge is 0.357 e. The number of carbonyl (C=O) groups excluding carboxylic acids is 1. The predicted molar refractivity (Wildman–Crippen MR) is 108 cm³/mol. The number of aliphatic imine (C=N–C) groups is 1. The molecule has 2 rings (SSSR count). The molecule has 2 heterocycles. The number of nitrogens with zero attached hydrogens (tertiary/aromatic N) is 4. The topological polar surface area (TPSA) is 72.9 Å². The van der Waals surface area contributed by atoms with Crippen molar-refractivity contribution in [2.45, 2.75) is 46.7 Å². The average molecular weight is 381 g/mol. The molecule has 1 aliphatic rings. The van der Waals surface area contributed by atoms with Crippen molar-refractivity contribution in [3.05, 3.63) is 16.1 Å². The van der Waals surface area contributed by atoms with Crippen LogP contribution in [0.25, 0.3) is 0 Å². The Kier molecular flexibility index (Phi) is 8.31. The van der Waals surface area contributed by atoms with Crippen LogP contribution < -0.4 is 10.6 Å². The van der Waals surface area contributed by atoms with E-state index in [9.17, 15) is 4.79 Å². The maximum Gasteiger partial charge on any atom is 0.234 e. The zero-order valence-corrected chi connectivity index (χ0v) is 17.2. The smallest absolute Gasteiger partial charge is 0.234 e. The average Bonchev–Trinajstić information content (AvgIpc) is 3.07. The number of aromatic nitrogens is 1. The fourth-order valence-electron chi connectivity index (χ4n) is 2.84. The standard InChI is InChI=1S/C18H32N6OS/c1-5-15-11-20-17(26-15)12-21-18(19-6-2)24-9-7-23(8-10-24)13-16(25)22-14(3)4/h11,14H,5-10,12-13H2,1-4H3,(H,19,21)(H,22,25). The summed E-state index contributed by atoms with van der Waals surface area (Å²) in [5, 5.41) is 7.39. The summed E-state index contributed by atoms with van der Waals surface area (Å²) in [7, 11) is 0. The number of amides is 1. The van der Waals surface area contributed by atoms with E-state index in [2.05, 4.69) is 39.3 Å². The molecule has 1 aromatic heterocycles. The van der Waals surface area contributed by atoms with Crippen LogP contribution in [0, 0.1) is 0 Å². The second kappa shape index (κ2) is 10.5. The predicted octanol–water partition coefficient (Wildman–Crippen LogP) is 1.31. The minimum atomic E-state index is 0.101. The molecule has 26 heavy (non-hydrogen) atoms. The van der Waals surface area contributed by atoms with Gasteiger partial charge in [0.15, 0.2) is 5.96 Å². The van der Waals surface area contributed by atoms with Gasteiger partial charge in [0.2, 0.25) is 5.91 Å². The fourth-order valence-corrected chi connectivity index (χ4v) is 3.63. The molecule has 1 saturated heterocycles. The summed E-state index contributed by atoms with van der Waals surface area (Å²) in [6.07, 6.45) is 2.97. The second-order valence-corrected chi connectivity index (χ2v) is 7.93. The molecule has 0 radical (unpaired) electrons. The first-order valence-corrected chi connectivity index (χ1v) is 10.3. The third-order valence-corrected chi connectivity index (χ3v) is 5.26. The number of rotatable bonds is 7. The number of thiazole rings is 1. The van der Waals surface area contributed by atoms with Gasteiger partial charge in [0.1, 0.15) is 5.01 Å². The van der Waals surface area contributed by atoms with Crippen LogP contribution in [0.1, 0.15) is 37.6 Å². The van der Waals surface area contributed by atoms with E-state index in [-0.39, 0.29) is 11.9 Å². The zero-order chi connectivity index (χ0) is 18.9. The Balaban J connectivity index is 1.86. The molecular formula is C18H32N6OS. The highest BCUT2D eigenvalue weighted by atomic mass is 32.1. The van der Waals surface area contributed by atoms with Crippen LogP contribution in [0.4, 0.5) is 0 Å². The molecule has 1 fully saturated rings. The van der Waals surface area contributed by atoms with Crippen LogP contribution in [-0.4, -0.2) is 72.0 Å². The summed E-state index contributed by atoms with van der Waals surface area (Å²) in [4.78, 5) is 26.9. The molecule has 1 aliphatic heterocycles. The molecule has 0 atom stereocenters. The Bertz CT molecular complexity index is 592. The van der Waals surface area contributed by atoms with Crippen molar-refractivity contribution in [2.75, 3.05) is 39.3 Å². The molecule has 1 amide bonds. The lowest BCUT2D eigenvalue weighted by molar-refractivity contribution is -0.123. The van der Waals surface area contributed by atoms with E-state index in [1.165, 1.54) is 4.88 Å². The van der Waals surface area contributed by atoms with E-state index >= 15 is 0 Å². The van der Waals surface area contributed by atoms with Crippen LogP contribution in [-0.2, 0) is 17.8 Å². The number of nitrogens with one attached hydrogen (secondary N) is 2. The lowest BCUT2D eigenvalue weighted by Gasteiger charge is -2.36. The van der Waals surface area contributed by atoms with Crippen molar-refractivity contribution in [1.82, 2.24) is 25.4 Å². The summed E-state index contributed by atoms with van der Waals surface area (Å²) in [6.45, 7) is 13.6. The summed E-state index contributed by atoms with van der Waals surface area (Å²) < 4.78 is 0. The van der Waals surface area contributed by atoms with Crippen LogP contribution in [0.3, 0.4) is 0 Å². The molecular weight excluding hydrogens is 348 g/mol. The summed E-state index contributed by atoms with van der Waals surface area (Å²) in [6, 6.07) is 0.190. The van der Waals surface area contributed by atoms with E-state index in [1.807, 2.05) is 20.0 Å². The van der Waals surface area contributed by atoms with Gasteiger partial charge in [0, 0.05) is 49.8 Å². The van der Waals surface area contributed by atoms with Crippen LogP contribution in [0.5, 0.6) is 0 Å². The van der Waals surface area contributed by atoms with Crippen LogP contribution in [0.2, 0.25) is 0 Å². The summed E-state index contributed by atoms with van der Waals surface area (Å²) >= 11 is 1.73. The normalized spacial score (nSPS) is 16.2. The molecule has 8 heteroatoms. The first-order chi connectivity index (χ1) is 12.5. The Morgan fingerprint density at radius 3 is 2.62 bits per heavy atom. The molecule has 0 bridgehead atoms. The highest BCUT2D eigenvalue weighted by Gasteiger charge is 2.21. The Morgan fingerprint density at radius 2 is 2.04 bits per heavy atom. The highest BCUT2D eigenvalue weighted by Crippen LogP contribution is 2.14.